The van der Waals surface area contributed by atoms with Gasteiger partial charge in [-0.15, -0.1) is 0 Å². The predicted molar refractivity (Wildman–Crippen MR) is 87.7 cm³/mol. The Labute approximate surface area is 137 Å². The lowest BCUT2D eigenvalue weighted by Crippen LogP contribution is -2.32. The largest absolute Gasteiger partial charge is 0.451 e. The Balaban J connectivity index is 1.52. The number of fused-ring (bicyclic) bond motifs is 1. The van der Waals surface area contributed by atoms with Crippen LogP contribution in [-0.4, -0.2) is 4.57 Å². The molecular weight excluding hydrogens is 340 g/mol. The lowest BCUT2D eigenvalue weighted by atomic mass is 10.1. The molecule has 0 saturated heterocycles. The van der Waals surface area contributed by atoms with Gasteiger partial charge in [0.15, 0.2) is 0 Å². The van der Waals surface area contributed by atoms with Crippen molar-refractivity contribution in [2.75, 3.05) is 0 Å². The Bertz CT molecular complexity index is 787. The van der Waals surface area contributed by atoms with E-state index in [1.807, 2.05) is 18.2 Å². The van der Waals surface area contributed by atoms with E-state index >= 15 is 0 Å². The van der Waals surface area contributed by atoms with E-state index < -0.39 is 0 Å². The van der Waals surface area contributed by atoms with Crippen molar-refractivity contribution in [1.82, 2.24) is 4.57 Å². The standard InChI is InChI=1S/C18H16BrN2O/c19-16-7-3-1-6-15(16)12-20-9-10-21(13-20)18-11-14-5-2-4-8-17(14)22-18/h1-10,13,18H,11-12H2/q+1. The first-order chi connectivity index (χ1) is 10.8. The van der Waals surface area contributed by atoms with Crippen LogP contribution in [0.5, 0.6) is 5.75 Å². The van der Waals surface area contributed by atoms with E-state index in [0.29, 0.717) is 0 Å². The molecule has 2 heterocycles. The van der Waals surface area contributed by atoms with Gasteiger partial charge in [0.05, 0.1) is 6.42 Å². The maximum Gasteiger partial charge on any atom is 0.247 e. The van der Waals surface area contributed by atoms with Gasteiger partial charge in [-0.25, -0.2) is 4.57 Å². The molecule has 0 amide bonds. The van der Waals surface area contributed by atoms with E-state index in [0.717, 1.165) is 23.2 Å². The van der Waals surface area contributed by atoms with Crippen LogP contribution < -0.4 is 9.30 Å². The van der Waals surface area contributed by atoms with E-state index in [-0.39, 0.29) is 6.23 Å². The second kappa shape index (κ2) is 5.61. The number of imidazole rings is 1. The van der Waals surface area contributed by atoms with Gasteiger partial charge >= 0.3 is 0 Å². The van der Waals surface area contributed by atoms with Crippen molar-refractivity contribution in [3.63, 3.8) is 0 Å². The minimum Gasteiger partial charge on any atom is -0.451 e. The van der Waals surface area contributed by atoms with E-state index in [9.17, 15) is 0 Å². The van der Waals surface area contributed by atoms with Crippen molar-refractivity contribution in [2.24, 2.45) is 0 Å². The Hall–Kier alpha value is -2.07. The zero-order valence-corrected chi connectivity index (χ0v) is 13.6. The molecule has 1 unspecified atom stereocenters. The van der Waals surface area contributed by atoms with Gasteiger partial charge in [-0.1, -0.05) is 52.3 Å². The molecule has 1 aliphatic rings. The van der Waals surface area contributed by atoms with Crippen molar-refractivity contribution in [2.45, 2.75) is 19.2 Å². The van der Waals surface area contributed by atoms with Gasteiger partial charge in [-0.3, -0.25) is 0 Å². The van der Waals surface area contributed by atoms with Gasteiger partial charge in [0, 0.05) is 15.6 Å². The molecule has 3 nitrogen and oxygen atoms in total. The number of nitrogens with zero attached hydrogens (tertiary/aromatic N) is 2. The van der Waals surface area contributed by atoms with E-state index in [4.69, 9.17) is 4.74 Å². The topological polar surface area (TPSA) is 18.0 Å². The molecule has 4 heteroatoms. The third-order valence-electron chi connectivity index (χ3n) is 3.99. The molecule has 1 aliphatic heterocycles. The quantitative estimate of drug-likeness (QED) is 0.654. The normalized spacial score (nSPS) is 16.3. The smallest absolute Gasteiger partial charge is 0.247 e. The highest BCUT2D eigenvalue weighted by atomic mass is 79.9. The number of hydrogen-bond donors (Lipinski definition) is 0. The van der Waals surface area contributed by atoms with Crippen molar-refractivity contribution >= 4 is 15.9 Å². The minimum atomic E-state index is 0.0536. The third kappa shape index (κ3) is 2.55. The number of rotatable bonds is 3. The fourth-order valence-corrected chi connectivity index (χ4v) is 3.24. The van der Waals surface area contributed by atoms with Gasteiger partial charge in [0.1, 0.15) is 24.7 Å². The van der Waals surface area contributed by atoms with Crippen molar-refractivity contribution in [3.05, 3.63) is 82.9 Å². The summed E-state index contributed by atoms with van der Waals surface area (Å²) in [5, 5.41) is 0. The summed E-state index contributed by atoms with van der Waals surface area (Å²) in [6, 6.07) is 16.6. The molecule has 0 aliphatic carbocycles. The van der Waals surface area contributed by atoms with Gasteiger partial charge in [0.2, 0.25) is 12.6 Å². The number of hydrogen-bond acceptors (Lipinski definition) is 1. The summed E-state index contributed by atoms with van der Waals surface area (Å²) in [5.41, 5.74) is 2.54. The molecule has 1 atom stereocenters. The van der Waals surface area contributed by atoms with E-state index in [1.165, 1.54) is 11.1 Å². The molecule has 0 saturated carbocycles. The second-order valence-electron chi connectivity index (χ2n) is 5.51. The van der Waals surface area contributed by atoms with Gasteiger partial charge in [-0.2, -0.15) is 4.57 Å². The van der Waals surface area contributed by atoms with E-state index in [1.54, 1.807) is 0 Å². The van der Waals surface area contributed by atoms with Crippen LogP contribution >= 0.6 is 15.9 Å². The molecule has 0 radical (unpaired) electrons. The lowest BCUT2D eigenvalue weighted by Gasteiger charge is -2.06. The molecule has 3 aromatic rings. The van der Waals surface area contributed by atoms with Crippen molar-refractivity contribution in [3.8, 4) is 5.75 Å². The van der Waals surface area contributed by atoms with Crippen LogP contribution in [0.4, 0.5) is 0 Å². The van der Waals surface area contributed by atoms with Crippen LogP contribution in [0.3, 0.4) is 0 Å². The van der Waals surface area contributed by atoms with Crippen LogP contribution in [0.15, 0.2) is 71.7 Å². The molecule has 4 rings (SSSR count). The molecule has 2 aromatic carbocycles. The van der Waals surface area contributed by atoms with Crippen molar-refractivity contribution < 1.29 is 9.30 Å². The molecule has 0 spiro atoms. The zero-order chi connectivity index (χ0) is 14.9. The van der Waals surface area contributed by atoms with Crippen LogP contribution in [0.25, 0.3) is 0 Å². The number of para-hydroxylation sites is 1. The highest BCUT2D eigenvalue weighted by Gasteiger charge is 2.27. The maximum absolute atomic E-state index is 6.02. The van der Waals surface area contributed by atoms with Crippen LogP contribution in [0.1, 0.15) is 17.4 Å². The summed E-state index contributed by atoms with van der Waals surface area (Å²) in [5.74, 6) is 0.999. The Kier molecular flexibility index (Phi) is 3.47. The van der Waals surface area contributed by atoms with Crippen LogP contribution in [-0.2, 0) is 13.0 Å². The molecular formula is C18H16BrN2O+. The first-order valence-corrected chi connectivity index (χ1v) is 8.13. The molecule has 0 N–H and O–H groups in total. The average Bonchev–Trinajstić information content (AvgIpc) is 3.15. The molecule has 0 fully saturated rings. The number of ether oxygens (including phenoxy) is 1. The van der Waals surface area contributed by atoms with Crippen LogP contribution in [0.2, 0.25) is 0 Å². The molecule has 22 heavy (non-hydrogen) atoms. The molecule has 110 valence electrons. The van der Waals surface area contributed by atoms with Crippen LogP contribution in [0, 0.1) is 0 Å². The summed E-state index contributed by atoms with van der Waals surface area (Å²) in [6.45, 7) is 0.841. The lowest BCUT2D eigenvalue weighted by molar-refractivity contribution is -0.688. The highest BCUT2D eigenvalue weighted by Crippen LogP contribution is 2.32. The second-order valence-corrected chi connectivity index (χ2v) is 6.36. The number of benzene rings is 2. The average molecular weight is 356 g/mol. The minimum absolute atomic E-state index is 0.0536. The van der Waals surface area contributed by atoms with Crippen molar-refractivity contribution in [1.29, 1.82) is 0 Å². The highest BCUT2D eigenvalue weighted by molar-refractivity contribution is 9.10. The summed E-state index contributed by atoms with van der Waals surface area (Å²) < 4.78 is 11.5. The fraction of sp³-hybridized carbons (Fsp3) is 0.167. The van der Waals surface area contributed by atoms with Gasteiger partial charge < -0.3 is 4.74 Å². The fourth-order valence-electron chi connectivity index (χ4n) is 2.83. The number of aromatic nitrogens is 2. The summed E-state index contributed by atoms with van der Waals surface area (Å²) in [7, 11) is 0. The molecule has 0 bridgehead atoms. The van der Waals surface area contributed by atoms with Gasteiger partial charge in [0.25, 0.3) is 0 Å². The van der Waals surface area contributed by atoms with Gasteiger partial charge in [-0.05, 0) is 12.1 Å². The predicted octanol–water partition coefficient (Wildman–Crippen LogP) is 3.72. The molecule has 1 aromatic heterocycles. The Morgan fingerprint density at radius 3 is 2.82 bits per heavy atom. The Morgan fingerprint density at radius 2 is 1.95 bits per heavy atom. The summed E-state index contributed by atoms with van der Waals surface area (Å²) >= 11 is 3.60. The van der Waals surface area contributed by atoms with E-state index in [2.05, 4.69) is 74.1 Å². The first kappa shape index (κ1) is 13.6. The monoisotopic (exact) mass is 355 g/mol. The third-order valence-corrected chi connectivity index (χ3v) is 4.76. The SMILES string of the molecule is Brc1ccccc1C[n+]1ccn(C2Cc3ccccc3O2)c1. The number of halogens is 1. The summed E-state index contributed by atoms with van der Waals surface area (Å²) in [6.07, 6.45) is 7.24. The first-order valence-electron chi connectivity index (χ1n) is 7.34. The zero-order valence-electron chi connectivity index (χ0n) is 12.0. The summed E-state index contributed by atoms with van der Waals surface area (Å²) in [4.78, 5) is 0. The maximum atomic E-state index is 6.02. The Morgan fingerprint density at radius 1 is 1.14 bits per heavy atom.